The Morgan fingerprint density at radius 2 is 1.62 bits per heavy atom. The monoisotopic (exact) mass is 280 g/mol. The molecule has 0 aliphatic carbocycles. The van der Waals surface area contributed by atoms with Gasteiger partial charge in [0.05, 0.1) is 0 Å². The molecule has 2 aromatic carbocycles. The molecule has 0 N–H and O–H groups in total. The van der Waals surface area contributed by atoms with Gasteiger partial charge in [-0.3, -0.25) is 4.90 Å². The van der Waals surface area contributed by atoms with E-state index < -0.39 is 0 Å². The van der Waals surface area contributed by atoms with Gasteiger partial charge in [0.15, 0.2) is 0 Å². The summed E-state index contributed by atoms with van der Waals surface area (Å²) in [5.41, 5.74) is 6.87. The largest absolute Gasteiger partial charge is 0.345 e. The lowest BCUT2D eigenvalue weighted by molar-refractivity contribution is 0.353. The van der Waals surface area contributed by atoms with Crippen LogP contribution in [-0.4, -0.2) is 19.0 Å². The molecular weight excluding hydrogens is 256 g/mol. The number of hydrogen-bond donors (Lipinski definition) is 0. The van der Waals surface area contributed by atoms with Gasteiger partial charge in [0.25, 0.3) is 0 Å². The molecule has 0 saturated carbocycles. The second kappa shape index (κ2) is 5.90. The van der Waals surface area contributed by atoms with E-state index in [1.165, 1.54) is 34.5 Å². The maximum absolute atomic E-state index is 2.36. The smallest absolute Gasteiger partial charge is 0.0411 e. The van der Waals surface area contributed by atoms with E-state index in [9.17, 15) is 0 Å². The molecule has 0 atom stereocenters. The fraction of sp³-hybridized carbons (Fsp3) is 0.368. The van der Waals surface area contributed by atoms with Crippen LogP contribution in [0, 0.1) is 0 Å². The summed E-state index contributed by atoms with van der Waals surface area (Å²) >= 11 is 0. The van der Waals surface area contributed by atoms with Gasteiger partial charge in [0.1, 0.15) is 0 Å². The summed E-state index contributed by atoms with van der Waals surface area (Å²) in [6.07, 6.45) is 2.36. The number of aryl methyl sites for hydroxylation is 1. The Bertz CT molecular complexity index is 616. The third-order valence-electron chi connectivity index (χ3n) is 4.32. The van der Waals surface area contributed by atoms with Crippen LogP contribution >= 0.6 is 0 Å². The molecule has 3 rings (SSSR count). The number of anilines is 2. The molecule has 0 saturated heterocycles. The minimum Gasteiger partial charge on any atom is -0.345 e. The standard InChI is InChI=1S/C19H24N2/c1-4-5-15-6-9-18(10-7-15)21(3)19-11-8-16-13-20(2)14-17(16)12-19/h6-12H,4-5,13-14H2,1-3H3. The van der Waals surface area contributed by atoms with E-state index in [-0.39, 0.29) is 0 Å². The summed E-state index contributed by atoms with van der Waals surface area (Å²) < 4.78 is 0. The lowest BCUT2D eigenvalue weighted by Crippen LogP contribution is -2.10. The zero-order chi connectivity index (χ0) is 14.8. The third kappa shape index (κ3) is 2.96. The van der Waals surface area contributed by atoms with E-state index in [4.69, 9.17) is 0 Å². The van der Waals surface area contributed by atoms with Gasteiger partial charge in [0.2, 0.25) is 0 Å². The summed E-state index contributed by atoms with van der Waals surface area (Å²) in [7, 11) is 4.32. The summed E-state index contributed by atoms with van der Waals surface area (Å²) in [4.78, 5) is 4.63. The average molecular weight is 280 g/mol. The Hall–Kier alpha value is -1.80. The van der Waals surface area contributed by atoms with Crippen LogP contribution in [0.5, 0.6) is 0 Å². The highest BCUT2D eigenvalue weighted by Gasteiger charge is 2.16. The quantitative estimate of drug-likeness (QED) is 0.821. The zero-order valence-electron chi connectivity index (χ0n) is 13.3. The maximum Gasteiger partial charge on any atom is 0.0411 e. The molecule has 0 spiro atoms. The van der Waals surface area contributed by atoms with Gasteiger partial charge in [-0.2, -0.15) is 0 Å². The van der Waals surface area contributed by atoms with E-state index in [2.05, 4.69) is 73.3 Å². The zero-order valence-corrected chi connectivity index (χ0v) is 13.3. The van der Waals surface area contributed by atoms with Gasteiger partial charge in [-0.15, -0.1) is 0 Å². The van der Waals surface area contributed by atoms with Crippen molar-refractivity contribution in [3.8, 4) is 0 Å². The van der Waals surface area contributed by atoms with E-state index >= 15 is 0 Å². The lowest BCUT2D eigenvalue weighted by Gasteiger charge is -2.20. The first-order valence-corrected chi connectivity index (χ1v) is 7.80. The van der Waals surface area contributed by atoms with Crippen LogP contribution in [-0.2, 0) is 19.5 Å². The van der Waals surface area contributed by atoms with Gasteiger partial charge < -0.3 is 4.90 Å². The Morgan fingerprint density at radius 1 is 0.952 bits per heavy atom. The molecule has 1 heterocycles. The Balaban J connectivity index is 1.82. The number of nitrogens with zero attached hydrogens (tertiary/aromatic N) is 2. The van der Waals surface area contributed by atoms with Crippen molar-refractivity contribution in [3.63, 3.8) is 0 Å². The topological polar surface area (TPSA) is 6.48 Å². The van der Waals surface area contributed by atoms with Gasteiger partial charge in [-0.1, -0.05) is 31.5 Å². The molecule has 1 aliphatic rings. The van der Waals surface area contributed by atoms with E-state index in [0.29, 0.717) is 0 Å². The molecule has 0 radical (unpaired) electrons. The van der Waals surface area contributed by atoms with Gasteiger partial charge in [0, 0.05) is 31.5 Å². The second-order valence-corrected chi connectivity index (χ2v) is 6.10. The predicted molar refractivity (Wildman–Crippen MR) is 90.1 cm³/mol. The Labute approximate surface area is 128 Å². The number of fused-ring (bicyclic) bond motifs is 1. The van der Waals surface area contributed by atoms with Crippen LogP contribution in [0.4, 0.5) is 11.4 Å². The highest BCUT2D eigenvalue weighted by atomic mass is 15.1. The number of rotatable bonds is 4. The van der Waals surface area contributed by atoms with Crippen molar-refractivity contribution >= 4 is 11.4 Å². The lowest BCUT2D eigenvalue weighted by atomic mass is 10.1. The molecule has 2 heteroatoms. The SMILES string of the molecule is CCCc1ccc(N(C)c2ccc3c(c2)CN(C)C3)cc1. The van der Waals surface area contributed by atoms with Crippen LogP contribution in [0.3, 0.4) is 0 Å². The minimum absolute atomic E-state index is 1.06. The summed E-state index contributed by atoms with van der Waals surface area (Å²) in [5, 5.41) is 0. The van der Waals surface area contributed by atoms with E-state index in [1.54, 1.807) is 0 Å². The van der Waals surface area contributed by atoms with Gasteiger partial charge in [-0.05, 0) is 54.4 Å². The van der Waals surface area contributed by atoms with Crippen molar-refractivity contribution in [2.24, 2.45) is 0 Å². The molecule has 0 fully saturated rings. The summed E-state index contributed by atoms with van der Waals surface area (Å²) in [6, 6.07) is 15.8. The summed E-state index contributed by atoms with van der Waals surface area (Å²) in [5.74, 6) is 0. The van der Waals surface area contributed by atoms with Crippen molar-refractivity contribution in [3.05, 3.63) is 59.2 Å². The molecule has 1 aliphatic heterocycles. The Morgan fingerprint density at radius 3 is 2.33 bits per heavy atom. The summed E-state index contributed by atoms with van der Waals surface area (Å²) in [6.45, 7) is 4.36. The molecule has 110 valence electrons. The van der Waals surface area contributed by atoms with E-state index in [0.717, 1.165) is 19.5 Å². The predicted octanol–water partition coefficient (Wildman–Crippen LogP) is 4.35. The maximum atomic E-state index is 2.36. The molecule has 0 unspecified atom stereocenters. The fourth-order valence-corrected chi connectivity index (χ4v) is 3.08. The molecule has 0 amide bonds. The normalized spacial score (nSPS) is 14.2. The highest BCUT2D eigenvalue weighted by Crippen LogP contribution is 2.29. The van der Waals surface area contributed by atoms with Gasteiger partial charge >= 0.3 is 0 Å². The van der Waals surface area contributed by atoms with Gasteiger partial charge in [-0.25, -0.2) is 0 Å². The molecule has 21 heavy (non-hydrogen) atoms. The van der Waals surface area contributed by atoms with E-state index in [1.807, 2.05) is 0 Å². The number of benzene rings is 2. The second-order valence-electron chi connectivity index (χ2n) is 6.10. The van der Waals surface area contributed by atoms with Crippen LogP contribution in [0.25, 0.3) is 0 Å². The molecule has 2 nitrogen and oxygen atoms in total. The van der Waals surface area contributed by atoms with Crippen LogP contribution in [0.15, 0.2) is 42.5 Å². The first-order valence-electron chi connectivity index (χ1n) is 7.80. The third-order valence-corrected chi connectivity index (χ3v) is 4.32. The molecule has 2 aromatic rings. The molecular formula is C19H24N2. The number of hydrogen-bond acceptors (Lipinski definition) is 2. The minimum atomic E-state index is 1.06. The fourth-order valence-electron chi connectivity index (χ4n) is 3.08. The van der Waals surface area contributed by atoms with Crippen molar-refractivity contribution < 1.29 is 0 Å². The first-order chi connectivity index (χ1) is 10.2. The average Bonchev–Trinajstić information content (AvgIpc) is 2.86. The van der Waals surface area contributed by atoms with Crippen molar-refractivity contribution in [1.82, 2.24) is 4.90 Å². The highest BCUT2D eigenvalue weighted by molar-refractivity contribution is 5.64. The first kappa shape index (κ1) is 14.2. The van der Waals surface area contributed by atoms with Crippen molar-refractivity contribution in [2.75, 3.05) is 19.0 Å². The van der Waals surface area contributed by atoms with Crippen LogP contribution in [0.2, 0.25) is 0 Å². The van der Waals surface area contributed by atoms with Crippen molar-refractivity contribution in [1.29, 1.82) is 0 Å². The van der Waals surface area contributed by atoms with Crippen LogP contribution < -0.4 is 4.90 Å². The van der Waals surface area contributed by atoms with Crippen molar-refractivity contribution in [2.45, 2.75) is 32.9 Å². The van der Waals surface area contributed by atoms with Crippen LogP contribution in [0.1, 0.15) is 30.0 Å². The molecule has 0 bridgehead atoms. The molecule has 0 aromatic heterocycles. The Kier molecular flexibility index (Phi) is 3.98.